The first-order chi connectivity index (χ1) is 8.40. The average Bonchev–Trinajstić information content (AvgIpc) is 2.67. The van der Waals surface area contributed by atoms with Crippen molar-refractivity contribution in [3.8, 4) is 0 Å². The highest BCUT2D eigenvalue weighted by atomic mass is 15.2. The zero-order chi connectivity index (χ0) is 13.6. The van der Waals surface area contributed by atoms with Crippen LogP contribution in [-0.4, -0.2) is 21.9 Å². The largest absolute Gasteiger partial charge is 0.312 e. The quantitative estimate of drug-likeness (QED) is 0.806. The second-order valence-corrected chi connectivity index (χ2v) is 6.35. The molecule has 0 fully saturated rings. The summed E-state index contributed by atoms with van der Waals surface area (Å²) in [6, 6.07) is 0. The molecule has 0 aromatic carbocycles. The fourth-order valence-corrected chi connectivity index (χ4v) is 2.18. The van der Waals surface area contributed by atoms with E-state index in [4.69, 9.17) is 0 Å². The van der Waals surface area contributed by atoms with Crippen LogP contribution in [0.4, 0.5) is 0 Å². The van der Waals surface area contributed by atoms with E-state index in [1.165, 1.54) is 24.8 Å². The fraction of sp³-hybridized carbons (Fsp3) is 0.800. The van der Waals surface area contributed by atoms with Crippen LogP contribution < -0.4 is 5.32 Å². The molecular formula is C15H29N3. The molecule has 3 heteroatoms. The van der Waals surface area contributed by atoms with Gasteiger partial charge in [0.2, 0.25) is 0 Å². The summed E-state index contributed by atoms with van der Waals surface area (Å²) in [6.07, 6.45) is 9.08. The van der Waals surface area contributed by atoms with Crippen molar-refractivity contribution in [2.45, 2.75) is 58.9 Å². The molecule has 1 atom stereocenters. The first-order valence-electron chi connectivity index (χ1n) is 7.13. The van der Waals surface area contributed by atoms with E-state index in [1.807, 2.05) is 17.9 Å². The van der Waals surface area contributed by atoms with Crippen molar-refractivity contribution in [3.05, 3.63) is 18.0 Å². The third-order valence-corrected chi connectivity index (χ3v) is 3.22. The third kappa shape index (κ3) is 6.20. The summed E-state index contributed by atoms with van der Waals surface area (Å²) < 4.78 is 1.89. The molecule has 1 N–H and O–H groups in total. The predicted molar refractivity (Wildman–Crippen MR) is 77.7 cm³/mol. The van der Waals surface area contributed by atoms with E-state index in [1.54, 1.807) is 0 Å². The second-order valence-electron chi connectivity index (χ2n) is 6.35. The minimum atomic E-state index is 0.223. The molecule has 0 amide bonds. The smallest absolute Gasteiger partial charge is 0.0521 e. The number of nitrogens with one attached hydrogen (secondary N) is 1. The van der Waals surface area contributed by atoms with Crippen molar-refractivity contribution >= 4 is 0 Å². The van der Waals surface area contributed by atoms with Gasteiger partial charge in [-0.1, -0.05) is 13.3 Å². The lowest BCUT2D eigenvalue weighted by molar-refractivity contribution is 0.344. The van der Waals surface area contributed by atoms with E-state index < -0.39 is 0 Å². The molecule has 0 spiro atoms. The Bertz CT molecular complexity index is 336. The standard InChI is InChI=1S/C15H29N3/c1-6-7-13(10-16-15(2,3)4)8-9-14-11-17-18(5)12-14/h11-13,16H,6-10H2,1-5H3. The highest BCUT2D eigenvalue weighted by Crippen LogP contribution is 2.15. The Hall–Kier alpha value is -0.830. The van der Waals surface area contributed by atoms with Crippen LogP contribution in [0, 0.1) is 5.92 Å². The maximum atomic E-state index is 4.23. The van der Waals surface area contributed by atoms with Gasteiger partial charge in [-0.3, -0.25) is 4.68 Å². The molecule has 18 heavy (non-hydrogen) atoms. The molecular weight excluding hydrogens is 222 g/mol. The van der Waals surface area contributed by atoms with Crippen molar-refractivity contribution in [2.75, 3.05) is 6.54 Å². The second kappa shape index (κ2) is 6.93. The normalized spacial score (nSPS) is 13.8. The van der Waals surface area contributed by atoms with Gasteiger partial charge in [-0.25, -0.2) is 0 Å². The Balaban J connectivity index is 2.37. The lowest BCUT2D eigenvalue weighted by Gasteiger charge is -2.25. The SMILES string of the molecule is CCCC(CCc1cnn(C)c1)CNC(C)(C)C. The lowest BCUT2D eigenvalue weighted by Crippen LogP contribution is -2.39. The Morgan fingerprint density at radius 1 is 1.33 bits per heavy atom. The van der Waals surface area contributed by atoms with Gasteiger partial charge < -0.3 is 5.32 Å². The molecule has 0 bridgehead atoms. The summed E-state index contributed by atoms with van der Waals surface area (Å²) in [5.74, 6) is 0.773. The minimum absolute atomic E-state index is 0.223. The van der Waals surface area contributed by atoms with Gasteiger partial charge >= 0.3 is 0 Å². The van der Waals surface area contributed by atoms with Crippen LogP contribution in [0.5, 0.6) is 0 Å². The minimum Gasteiger partial charge on any atom is -0.312 e. The van der Waals surface area contributed by atoms with E-state index in [-0.39, 0.29) is 5.54 Å². The van der Waals surface area contributed by atoms with Gasteiger partial charge in [0.05, 0.1) is 6.20 Å². The molecule has 0 aliphatic carbocycles. The van der Waals surface area contributed by atoms with Crippen molar-refractivity contribution in [3.63, 3.8) is 0 Å². The van der Waals surface area contributed by atoms with Gasteiger partial charge in [0, 0.05) is 18.8 Å². The van der Waals surface area contributed by atoms with Crippen molar-refractivity contribution in [2.24, 2.45) is 13.0 Å². The highest BCUT2D eigenvalue weighted by Gasteiger charge is 2.14. The third-order valence-electron chi connectivity index (χ3n) is 3.22. The van der Waals surface area contributed by atoms with Crippen LogP contribution in [0.25, 0.3) is 0 Å². The number of nitrogens with zero attached hydrogens (tertiary/aromatic N) is 2. The fourth-order valence-electron chi connectivity index (χ4n) is 2.18. The summed E-state index contributed by atoms with van der Waals surface area (Å²) in [6.45, 7) is 10.1. The number of aromatic nitrogens is 2. The monoisotopic (exact) mass is 251 g/mol. The average molecular weight is 251 g/mol. The van der Waals surface area contributed by atoms with Gasteiger partial charge in [-0.2, -0.15) is 5.10 Å². The van der Waals surface area contributed by atoms with E-state index >= 15 is 0 Å². The van der Waals surface area contributed by atoms with E-state index in [2.05, 4.69) is 44.3 Å². The van der Waals surface area contributed by atoms with Gasteiger partial charge in [0.25, 0.3) is 0 Å². The van der Waals surface area contributed by atoms with Crippen LogP contribution in [0.15, 0.2) is 12.4 Å². The lowest BCUT2D eigenvalue weighted by atomic mass is 9.95. The molecule has 1 unspecified atom stereocenters. The van der Waals surface area contributed by atoms with Crippen LogP contribution >= 0.6 is 0 Å². The Kier molecular flexibility index (Phi) is 5.86. The van der Waals surface area contributed by atoms with Crippen LogP contribution in [0.1, 0.15) is 52.5 Å². The van der Waals surface area contributed by atoms with E-state index in [9.17, 15) is 0 Å². The molecule has 1 aromatic rings. The van der Waals surface area contributed by atoms with E-state index in [0.29, 0.717) is 0 Å². The summed E-state index contributed by atoms with van der Waals surface area (Å²) in [5, 5.41) is 7.85. The molecule has 104 valence electrons. The molecule has 0 aliphatic rings. The van der Waals surface area contributed by atoms with Gasteiger partial charge in [-0.05, 0) is 58.1 Å². The molecule has 1 heterocycles. The summed E-state index contributed by atoms with van der Waals surface area (Å²) in [7, 11) is 1.98. The van der Waals surface area contributed by atoms with Crippen molar-refractivity contribution in [1.29, 1.82) is 0 Å². The Labute approximate surface area is 112 Å². The summed E-state index contributed by atoms with van der Waals surface area (Å²) in [5.41, 5.74) is 1.58. The number of hydrogen-bond donors (Lipinski definition) is 1. The highest BCUT2D eigenvalue weighted by molar-refractivity contribution is 5.03. The number of aryl methyl sites for hydroxylation is 2. The van der Waals surface area contributed by atoms with Crippen molar-refractivity contribution in [1.82, 2.24) is 15.1 Å². The molecule has 0 saturated carbocycles. The first kappa shape index (κ1) is 15.2. The molecule has 0 radical (unpaired) electrons. The molecule has 0 aliphatic heterocycles. The topological polar surface area (TPSA) is 29.9 Å². The van der Waals surface area contributed by atoms with Crippen LogP contribution in [-0.2, 0) is 13.5 Å². The first-order valence-corrected chi connectivity index (χ1v) is 7.13. The summed E-state index contributed by atoms with van der Waals surface area (Å²) in [4.78, 5) is 0. The number of hydrogen-bond acceptors (Lipinski definition) is 2. The van der Waals surface area contributed by atoms with Gasteiger partial charge in [-0.15, -0.1) is 0 Å². The Morgan fingerprint density at radius 3 is 2.56 bits per heavy atom. The predicted octanol–water partition coefficient (Wildman–Crippen LogP) is 3.16. The van der Waals surface area contributed by atoms with Crippen molar-refractivity contribution < 1.29 is 0 Å². The summed E-state index contributed by atoms with van der Waals surface area (Å²) >= 11 is 0. The maximum Gasteiger partial charge on any atom is 0.0521 e. The van der Waals surface area contributed by atoms with Gasteiger partial charge in [0.15, 0.2) is 0 Å². The molecule has 3 nitrogen and oxygen atoms in total. The molecule has 0 saturated heterocycles. The van der Waals surface area contributed by atoms with E-state index in [0.717, 1.165) is 18.9 Å². The van der Waals surface area contributed by atoms with Gasteiger partial charge in [0.1, 0.15) is 0 Å². The molecule has 1 rings (SSSR count). The zero-order valence-electron chi connectivity index (χ0n) is 12.7. The zero-order valence-corrected chi connectivity index (χ0v) is 12.7. The molecule has 1 aromatic heterocycles. The van der Waals surface area contributed by atoms with Crippen LogP contribution in [0.3, 0.4) is 0 Å². The Morgan fingerprint density at radius 2 is 2.06 bits per heavy atom. The maximum absolute atomic E-state index is 4.23. The van der Waals surface area contributed by atoms with Crippen LogP contribution in [0.2, 0.25) is 0 Å². The number of rotatable bonds is 7.